The van der Waals surface area contributed by atoms with Crippen molar-refractivity contribution in [1.29, 1.82) is 0 Å². The number of benzene rings is 2. The predicted octanol–water partition coefficient (Wildman–Crippen LogP) is 5.37. The molecule has 8 nitrogen and oxygen atoms in total. The second-order valence-corrected chi connectivity index (χ2v) is 10.0. The molecule has 0 aliphatic rings. The molecule has 2 aromatic rings. The second kappa shape index (κ2) is 15.8. The predicted molar refractivity (Wildman–Crippen MR) is 145 cm³/mol. The van der Waals surface area contributed by atoms with Gasteiger partial charge in [0.25, 0.3) is 0 Å². The van der Waals surface area contributed by atoms with Crippen LogP contribution < -0.4 is 10.1 Å². The Labute approximate surface area is 226 Å². The summed E-state index contributed by atoms with van der Waals surface area (Å²) in [5.41, 5.74) is 1.29. The van der Waals surface area contributed by atoms with E-state index in [9.17, 15) is 14.4 Å². The van der Waals surface area contributed by atoms with Gasteiger partial charge in [0.2, 0.25) is 0 Å². The van der Waals surface area contributed by atoms with Gasteiger partial charge in [0.05, 0.1) is 25.2 Å². The van der Waals surface area contributed by atoms with Crippen molar-refractivity contribution < 1.29 is 33.3 Å². The Morgan fingerprint density at radius 2 is 1.63 bits per heavy atom. The van der Waals surface area contributed by atoms with Crippen molar-refractivity contribution in [3.63, 3.8) is 0 Å². The number of carbonyl (C=O) groups is 3. The molecule has 208 valence electrons. The van der Waals surface area contributed by atoms with Crippen molar-refractivity contribution in [2.24, 2.45) is 0 Å². The van der Waals surface area contributed by atoms with Crippen molar-refractivity contribution in [2.75, 3.05) is 13.2 Å². The van der Waals surface area contributed by atoms with Crippen molar-refractivity contribution in [1.82, 2.24) is 5.32 Å². The van der Waals surface area contributed by atoms with Crippen LogP contribution in [0.15, 0.2) is 48.5 Å². The number of nitrogens with one attached hydrogen (secondary N) is 1. The first-order valence-corrected chi connectivity index (χ1v) is 13.2. The van der Waals surface area contributed by atoms with Crippen LogP contribution in [0.25, 0.3) is 0 Å². The largest absolute Gasteiger partial charge is 0.489 e. The molecule has 0 unspecified atom stereocenters. The molecule has 8 heteroatoms. The quantitative estimate of drug-likeness (QED) is 0.188. The van der Waals surface area contributed by atoms with E-state index in [1.165, 1.54) is 0 Å². The zero-order valence-electron chi connectivity index (χ0n) is 23.2. The third-order valence-corrected chi connectivity index (χ3v) is 5.26. The summed E-state index contributed by atoms with van der Waals surface area (Å²) in [7, 11) is 0. The summed E-state index contributed by atoms with van der Waals surface area (Å²) in [6.07, 6.45) is 2.18. The molecule has 0 aliphatic carbocycles. The summed E-state index contributed by atoms with van der Waals surface area (Å²) < 4.78 is 22.1. The Kier molecular flexibility index (Phi) is 12.8. The van der Waals surface area contributed by atoms with E-state index >= 15 is 0 Å². The molecule has 0 fully saturated rings. The number of carbonyl (C=O) groups excluding carboxylic acids is 3. The third-order valence-electron chi connectivity index (χ3n) is 5.26. The topological polar surface area (TPSA) is 100 Å². The van der Waals surface area contributed by atoms with E-state index in [1.54, 1.807) is 39.0 Å². The lowest BCUT2D eigenvalue weighted by Gasteiger charge is -2.24. The highest BCUT2D eigenvalue weighted by atomic mass is 16.6. The summed E-state index contributed by atoms with van der Waals surface area (Å²) in [6.45, 7) is 10.3. The number of esters is 3. The zero-order valence-corrected chi connectivity index (χ0v) is 23.2. The molecule has 0 saturated carbocycles. The van der Waals surface area contributed by atoms with Crippen LogP contribution in [-0.4, -0.2) is 42.8 Å². The molecule has 2 aromatic carbocycles. The van der Waals surface area contributed by atoms with E-state index in [0.29, 0.717) is 43.1 Å². The molecule has 2 rings (SSSR count). The fourth-order valence-electron chi connectivity index (χ4n) is 3.39. The molecule has 0 saturated heterocycles. The van der Waals surface area contributed by atoms with Crippen molar-refractivity contribution in [2.45, 2.75) is 85.1 Å². The first-order valence-electron chi connectivity index (χ1n) is 13.2. The van der Waals surface area contributed by atoms with Gasteiger partial charge in [0, 0.05) is 6.54 Å². The van der Waals surface area contributed by atoms with Gasteiger partial charge in [0.1, 0.15) is 24.0 Å². The summed E-state index contributed by atoms with van der Waals surface area (Å²) in [4.78, 5) is 37.9. The SMILES string of the molecule is CCCCOC(=O)C[C@H](NCc1cc(OCc2ccccc2)cc(C(=O)OCCC)c1)C(=O)OC(C)(C)C. The molecule has 0 aromatic heterocycles. The van der Waals surface area contributed by atoms with Crippen LogP contribution in [0.3, 0.4) is 0 Å². The number of rotatable bonds is 15. The maximum absolute atomic E-state index is 12.9. The maximum Gasteiger partial charge on any atom is 0.338 e. The highest BCUT2D eigenvalue weighted by Crippen LogP contribution is 2.21. The minimum atomic E-state index is -0.923. The Balaban J connectivity index is 2.21. The van der Waals surface area contributed by atoms with Gasteiger partial charge >= 0.3 is 17.9 Å². The van der Waals surface area contributed by atoms with E-state index in [-0.39, 0.29) is 13.0 Å². The lowest BCUT2D eigenvalue weighted by Crippen LogP contribution is -2.42. The van der Waals surface area contributed by atoms with Crippen LogP contribution >= 0.6 is 0 Å². The number of ether oxygens (including phenoxy) is 4. The Morgan fingerprint density at radius 3 is 2.29 bits per heavy atom. The van der Waals surface area contributed by atoms with Crippen LogP contribution in [0, 0.1) is 0 Å². The Morgan fingerprint density at radius 1 is 0.895 bits per heavy atom. The van der Waals surface area contributed by atoms with E-state index in [0.717, 1.165) is 18.4 Å². The summed E-state index contributed by atoms with van der Waals surface area (Å²) in [5, 5.41) is 3.11. The van der Waals surface area contributed by atoms with Crippen molar-refractivity contribution >= 4 is 17.9 Å². The molecule has 1 atom stereocenters. The minimum absolute atomic E-state index is 0.172. The Hall–Kier alpha value is -3.39. The normalized spacial score (nSPS) is 11.9. The minimum Gasteiger partial charge on any atom is -0.489 e. The van der Waals surface area contributed by atoms with Gasteiger partial charge in [-0.3, -0.25) is 14.9 Å². The molecule has 0 radical (unpaired) electrons. The number of hydrogen-bond acceptors (Lipinski definition) is 8. The molecule has 0 spiro atoms. The Bertz CT molecular complexity index is 1030. The molecule has 0 amide bonds. The van der Waals surface area contributed by atoms with Gasteiger partial charge in [-0.25, -0.2) is 4.79 Å². The lowest BCUT2D eigenvalue weighted by atomic mass is 10.1. The first-order chi connectivity index (χ1) is 18.1. The first kappa shape index (κ1) is 30.8. The molecular formula is C30H41NO7. The standard InChI is InChI=1S/C30H41NO7/c1-6-8-15-35-27(32)19-26(29(34)38-30(3,4)5)31-20-23-16-24(28(33)36-14-7-2)18-25(17-23)37-21-22-12-10-9-11-13-22/h9-13,16-18,26,31H,6-8,14-15,19-21H2,1-5H3/t26-/m0/s1. The fraction of sp³-hybridized carbons (Fsp3) is 0.500. The lowest BCUT2D eigenvalue weighted by molar-refractivity contribution is -0.161. The van der Waals surface area contributed by atoms with E-state index in [2.05, 4.69) is 5.32 Å². The summed E-state index contributed by atoms with van der Waals surface area (Å²) in [5.74, 6) is -1.000. The van der Waals surface area contributed by atoms with E-state index in [4.69, 9.17) is 18.9 Å². The summed E-state index contributed by atoms with van der Waals surface area (Å²) >= 11 is 0. The van der Waals surface area contributed by atoms with Gasteiger partial charge in [-0.15, -0.1) is 0 Å². The maximum atomic E-state index is 12.9. The van der Waals surface area contributed by atoms with Crippen molar-refractivity contribution in [3.05, 3.63) is 65.2 Å². The molecule has 1 N–H and O–H groups in total. The van der Waals surface area contributed by atoms with Gasteiger partial charge in [-0.1, -0.05) is 50.6 Å². The smallest absolute Gasteiger partial charge is 0.338 e. The fourth-order valence-corrected chi connectivity index (χ4v) is 3.39. The van der Waals surface area contributed by atoms with Gasteiger partial charge in [-0.05, 0) is 62.9 Å². The van der Waals surface area contributed by atoms with Crippen molar-refractivity contribution in [3.8, 4) is 5.75 Å². The van der Waals surface area contributed by atoms with Crippen LogP contribution in [-0.2, 0) is 37.0 Å². The van der Waals surface area contributed by atoms with E-state index < -0.39 is 29.6 Å². The van der Waals surface area contributed by atoms with Gasteiger partial charge < -0.3 is 18.9 Å². The third kappa shape index (κ3) is 11.8. The average Bonchev–Trinajstić information content (AvgIpc) is 2.88. The highest BCUT2D eigenvalue weighted by molar-refractivity contribution is 5.90. The molecule has 0 aliphatic heterocycles. The summed E-state index contributed by atoms with van der Waals surface area (Å²) in [6, 6.07) is 13.9. The molecule has 38 heavy (non-hydrogen) atoms. The second-order valence-electron chi connectivity index (χ2n) is 10.0. The van der Waals surface area contributed by atoms with Crippen LogP contribution in [0.4, 0.5) is 0 Å². The molecular weight excluding hydrogens is 486 g/mol. The number of unbranched alkanes of at least 4 members (excludes halogenated alkanes) is 1. The van der Waals surface area contributed by atoms with Gasteiger partial charge in [0.15, 0.2) is 0 Å². The van der Waals surface area contributed by atoms with Gasteiger partial charge in [-0.2, -0.15) is 0 Å². The van der Waals surface area contributed by atoms with Crippen LogP contribution in [0.5, 0.6) is 5.75 Å². The highest BCUT2D eigenvalue weighted by Gasteiger charge is 2.28. The van der Waals surface area contributed by atoms with Crippen LogP contribution in [0.2, 0.25) is 0 Å². The average molecular weight is 528 g/mol. The monoisotopic (exact) mass is 527 g/mol. The number of hydrogen-bond donors (Lipinski definition) is 1. The molecule has 0 bridgehead atoms. The zero-order chi connectivity index (χ0) is 28.0. The van der Waals surface area contributed by atoms with Crippen LogP contribution in [0.1, 0.15) is 81.8 Å². The molecule has 0 heterocycles. The van der Waals surface area contributed by atoms with E-state index in [1.807, 2.05) is 44.2 Å².